The average Bonchev–Trinajstić information content (AvgIpc) is 2.90. The van der Waals surface area contributed by atoms with E-state index in [0.29, 0.717) is 16.8 Å². The summed E-state index contributed by atoms with van der Waals surface area (Å²) in [5.74, 6) is -3.21. The van der Waals surface area contributed by atoms with Gasteiger partial charge in [-0.1, -0.05) is 23.2 Å². The third-order valence-corrected chi connectivity index (χ3v) is 4.25. The number of hydrogen-bond donors (Lipinski definition) is 0. The summed E-state index contributed by atoms with van der Waals surface area (Å²) in [6, 6.07) is 3.41. The van der Waals surface area contributed by atoms with Gasteiger partial charge in [-0.05, 0) is 24.3 Å². The van der Waals surface area contributed by atoms with Gasteiger partial charge in [-0.15, -0.1) is 0 Å². The Morgan fingerprint density at radius 1 is 0.964 bits per heavy atom. The van der Waals surface area contributed by atoms with Crippen LogP contribution in [0.1, 0.15) is 16.1 Å². The number of aromatic nitrogens is 2. The van der Waals surface area contributed by atoms with E-state index in [1.807, 2.05) is 0 Å². The van der Waals surface area contributed by atoms with Gasteiger partial charge in [-0.2, -0.15) is 31.4 Å². The summed E-state index contributed by atoms with van der Waals surface area (Å²) in [5.41, 5.74) is -3.06. The number of fused-ring (bicyclic) bond motifs is 1. The predicted octanol–water partition coefficient (Wildman–Crippen LogP) is 6.24. The topological polar surface area (TPSA) is 34.9 Å². The first-order chi connectivity index (χ1) is 12.8. The molecule has 1 aromatic heterocycles. The number of hydrogen-bond acceptors (Lipinski definition) is 2. The summed E-state index contributed by atoms with van der Waals surface area (Å²) < 4.78 is 91.4. The summed E-state index contributed by atoms with van der Waals surface area (Å²) >= 11 is 11.7. The number of ketones is 1. The molecule has 0 atom stereocenters. The van der Waals surface area contributed by atoms with Crippen molar-refractivity contribution in [1.82, 2.24) is 9.78 Å². The van der Waals surface area contributed by atoms with Gasteiger partial charge in [0.1, 0.15) is 17.2 Å². The minimum absolute atomic E-state index is 0.337. The molecule has 0 radical (unpaired) electrons. The first-order valence-corrected chi connectivity index (χ1v) is 7.92. The fourth-order valence-corrected chi connectivity index (χ4v) is 3.14. The normalized spacial score (nSPS) is 12.6. The minimum Gasteiger partial charge on any atom is -0.282 e. The number of carbonyl (C=O) groups excluding carboxylic acids is 1. The molecule has 3 nitrogen and oxygen atoms in total. The number of alkyl halides is 6. The van der Waals surface area contributed by atoms with Gasteiger partial charge in [-0.25, -0.2) is 9.07 Å². The highest BCUT2D eigenvalue weighted by Gasteiger charge is 2.42. The van der Waals surface area contributed by atoms with Crippen LogP contribution in [-0.4, -0.2) is 21.7 Å². The second-order valence-electron chi connectivity index (χ2n) is 5.54. The van der Waals surface area contributed by atoms with Crippen LogP contribution >= 0.6 is 23.2 Å². The lowest BCUT2D eigenvalue weighted by Gasteiger charge is -2.13. The Hall–Kier alpha value is -2.33. The van der Waals surface area contributed by atoms with E-state index in [9.17, 15) is 35.5 Å². The summed E-state index contributed by atoms with van der Waals surface area (Å²) in [7, 11) is 0. The predicted molar refractivity (Wildman–Crippen MR) is 86.4 cm³/mol. The number of benzene rings is 2. The van der Waals surface area contributed by atoms with E-state index in [1.165, 1.54) is 0 Å². The molecule has 2 aromatic carbocycles. The molecule has 0 aliphatic carbocycles. The van der Waals surface area contributed by atoms with Gasteiger partial charge in [0.05, 0.1) is 21.1 Å². The lowest BCUT2D eigenvalue weighted by molar-refractivity contribution is -0.137. The molecule has 0 amide bonds. The van der Waals surface area contributed by atoms with Crippen LogP contribution in [-0.2, 0) is 6.18 Å². The van der Waals surface area contributed by atoms with Gasteiger partial charge in [0.2, 0.25) is 0 Å². The van der Waals surface area contributed by atoms with Crippen molar-refractivity contribution in [1.29, 1.82) is 0 Å². The van der Waals surface area contributed by atoms with Crippen molar-refractivity contribution in [2.75, 3.05) is 0 Å². The highest BCUT2D eigenvalue weighted by atomic mass is 35.5. The first-order valence-electron chi connectivity index (χ1n) is 7.17. The molecular formula is C16H5Cl2F7N2O. The molecule has 0 bridgehead atoms. The Balaban J connectivity index is 2.33. The zero-order chi connectivity index (χ0) is 21.0. The summed E-state index contributed by atoms with van der Waals surface area (Å²) in [5, 5.41) is 1.91. The number of rotatable bonds is 2. The maximum absolute atomic E-state index is 13.6. The van der Waals surface area contributed by atoms with E-state index in [0.717, 1.165) is 18.2 Å². The Morgan fingerprint density at radius 3 is 2.04 bits per heavy atom. The van der Waals surface area contributed by atoms with Crippen LogP contribution in [0.15, 0.2) is 30.3 Å². The number of nitrogens with zero attached hydrogens (tertiary/aromatic N) is 2. The molecule has 148 valence electrons. The quantitative estimate of drug-likeness (QED) is 0.346. The van der Waals surface area contributed by atoms with E-state index in [-0.39, 0.29) is 10.9 Å². The lowest BCUT2D eigenvalue weighted by Crippen LogP contribution is -2.23. The van der Waals surface area contributed by atoms with E-state index in [2.05, 4.69) is 5.10 Å². The van der Waals surface area contributed by atoms with E-state index >= 15 is 0 Å². The van der Waals surface area contributed by atoms with Gasteiger partial charge in [0.25, 0.3) is 5.78 Å². The molecule has 3 rings (SSSR count). The van der Waals surface area contributed by atoms with Crippen LogP contribution < -0.4 is 0 Å². The van der Waals surface area contributed by atoms with Crippen molar-refractivity contribution >= 4 is 39.9 Å². The van der Waals surface area contributed by atoms with Crippen LogP contribution in [0.25, 0.3) is 16.6 Å². The Morgan fingerprint density at radius 2 is 1.54 bits per heavy atom. The van der Waals surface area contributed by atoms with Crippen molar-refractivity contribution in [2.24, 2.45) is 0 Å². The first kappa shape index (κ1) is 20.4. The van der Waals surface area contributed by atoms with Gasteiger partial charge in [0.15, 0.2) is 0 Å². The molecule has 3 aromatic rings. The molecule has 0 saturated carbocycles. The monoisotopic (exact) mass is 444 g/mol. The SMILES string of the molecule is O=C(c1nn(-c2c(Cl)cc(C(F)(F)F)cc2Cl)c2cc(F)ccc12)C(F)(F)F. The van der Waals surface area contributed by atoms with Crippen molar-refractivity contribution in [3.8, 4) is 5.69 Å². The van der Waals surface area contributed by atoms with Gasteiger partial charge < -0.3 is 0 Å². The van der Waals surface area contributed by atoms with Crippen molar-refractivity contribution in [2.45, 2.75) is 12.4 Å². The molecule has 28 heavy (non-hydrogen) atoms. The van der Waals surface area contributed by atoms with E-state index < -0.39 is 50.9 Å². The number of halogens is 9. The summed E-state index contributed by atoms with van der Waals surface area (Å²) in [6.45, 7) is 0. The molecule has 0 N–H and O–H groups in total. The third kappa shape index (κ3) is 3.53. The van der Waals surface area contributed by atoms with Crippen molar-refractivity contribution in [3.05, 3.63) is 57.5 Å². The van der Waals surface area contributed by atoms with Gasteiger partial charge in [-0.3, -0.25) is 4.79 Å². The largest absolute Gasteiger partial charge is 0.456 e. The van der Waals surface area contributed by atoms with Gasteiger partial charge >= 0.3 is 12.4 Å². The van der Waals surface area contributed by atoms with Crippen LogP contribution in [0.4, 0.5) is 30.7 Å². The summed E-state index contributed by atoms with van der Waals surface area (Å²) in [6.07, 6.45) is -10.1. The van der Waals surface area contributed by atoms with Crippen LogP contribution in [0, 0.1) is 5.82 Å². The Bertz CT molecular complexity index is 1080. The highest BCUT2D eigenvalue weighted by molar-refractivity contribution is 6.38. The summed E-state index contributed by atoms with van der Waals surface area (Å²) in [4.78, 5) is 11.7. The second-order valence-corrected chi connectivity index (χ2v) is 6.35. The van der Waals surface area contributed by atoms with Crippen LogP contribution in [0.5, 0.6) is 0 Å². The number of carbonyl (C=O) groups is 1. The Kier molecular flexibility index (Phi) is 4.83. The third-order valence-electron chi connectivity index (χ3n) is 3.67. The molecule has 0 fully saturated rings. The molecule has 0 unspecified atom stereocenters. The zero-order valence-electron chi connectivity index (χ0n) is 13.1. The second kappa shape index (κ2) is 6.63. The smallest absolute Gasteiger partial charge is 0.282 e. The Labute approximate surface area is 161 Å². The molecular weight excluding hydrogens is 440 g/mol. The molecule has 0 aliphatic rings. The van der Waals surface area contributed by atoms with Crippen LogP contribution in [0.2, 0.25) is 10.0 Å². The standard InChI is InChI=1S/C16H5Cl2F7N2O/c17-9-3-6(15(20,21)22)4-10(18)13(9)27-11-5-7(19)1-2-8(11)12(26-27)14(28)16(23,24)25/h1-5H. The van der Waals surface area contributed by atoms with Crippen molar-refractivity contribution < 1.29 is 35.5 Å². The molecule has 0 spiro atoms. The molecule has 1 heterocycles. The maximum Gasteiger partial charge on any atom is 0.456 e. The average molecular weight is 445 g/mol. The number of Topliss-reactive ketones (excluding diaryl/α,β-unsaturated/α-hetero) is 1. The van der Waals surface area contributed by atoms with E-state index in [1.54, 1.807) is 0 Å². The fourth-order valence-electron chi connectivity index (χ4n) is 2.49. The fraction of sp³-hybridized carbons (Fsp3) is 0.125. The van der Waals surface area contributed by atoms with Gasteiger partial charge in [0, 0.05) is 11.5 Å². The molecule has 0 saturated heterocycles. The molecule has 12 heteroatoms. The maximum atomic E-state index is 13.6. The highest BCUT2D eigenvalue weighted by Crippen LogP contribution is 2.39. The molecule has 0 aliphatic heterocycles. The zero-order valence-corrected chi connectivity index (χ0v) is 14.6. The lowest BCUT2D eigenvalue weighted by atomic mass is 10.1. The van der Waals surface area contributed by atoms with Crippen molar-refractivity contribution in [3.63, 3.8) is 0 Å². The van der Waals surface area contributed by atoms with Crippen LogP contribution in [0.3, 0.4) is 0 Å². The minimum atomic E-state index is -5.28. The van der Waals surface area contributed by atoms with E-state index in [4.69, 9.17) is 23.2 Å².